The SMILES string of the molecule is CCCC1(C(=O)Cc2ccc3c(c2)CCC3)CCNC1. The maximum absolute atomic E-state index is 12.8. The predicted octanol–water partition coefficient (Wildman–Crippen LogP) is 3.07. The molecule has 0 amide bonds. The lowest BCUT2D eigenvalue weighted by molar-refractivity contribution is -0.127. The zero-order chi connectivity index (χ0) is 14.0. The quantitative estimate of drug-likeness (QED) is 0.891. The van der Waals surface area contributed by atoms with Gasteiger partial charge < -0.3 is 5.32 Å². The lowest BCUT2D eigenvalue weighted by Crippen LogP contribution is -2.34. The molecule has 0 aromatic heterocycles. The van der Waals surface area contributed by atoms with Crippen molar-refractivity contribution < 1.29 is 4.79 Å². The van der Waals surface area contributed by atoms with Crippen molar-refractivity contribution >= 4 is 5.78 Å². The molecule has 3 rings (SSSR count). The van der Waals surface area contributed by atoms with Gasteiger partial charge in [-0.15, -0.1) is 0 Å². The van der Waals surface area contributed by atoms with Crippen LogP contribution in [0.1, 0.15) is 49.3 Å². The summed E-state index contributed by atoms with van der Waals surface area (Å²) in [6, 6.07) is 6.69. The maximum atomic E-state index is 12.8. The largest absolute Gasteiger partial charge is 0.316 e. The summed E-state index contributed by atoms with van der Waals surface area (Å²) in [5, 5.41) is 3.39. The van der Waals surface area contributed by atoms with E-state index in [9.17, 15) is 4.79 Å². The molecule has 1 fully saturated rings. The first kappa shape index (κ1) is 13.8. The topological polar surface area (TPSA) is 29.1 Å². The Labute approximate surface area is 122 Å². The van der Waals surface area contributed by atoms with Gasteiger partial charge in [0.15, 0.2) is 0 Å². The van der Waals surface area contributed by atoms with E-state index in [2.05, 4.69) is 30.4 Å². The minimum absolute atomic E-state index is 0.0895. The van der Waals surface area contributed by atoms with Crippen LogP contribution in [0.25, 0.3) is 0 Å². The van der Waals surface area contributed by atoms with Gasteiger partial charge in [-0.1, -0.05) is 31.5 Å². The molecule has 2 aliphatic rings. The van der Waals surface area contributed by atoms with Gasteiger partial charge in [-0.3, -0.25) is 4.79 Å². The van der Waals surface area contributed by atoms with E-state index in [0.29, 0.717) is 12.2 Å². The molecule has 0 radical (unpaired) electrons. The standard InChI is InChI=1S/C18H25NO/c1-2-8-18(9-10-19-13-18)17(20)12-14-6-7-15-4-3-5-16(15)11-14/h6-7,11,19H,2-5,8-10,12-13H2,1H3. The summed E-state index contributed by atoms with van der Waals surface area (Å²) in [6.07, 6.45) is 7.45. The van der Waals surface area contributed by atoms with Crippen molar-refractivity contribution in [3.8, 4) is 0 Å². The molecule has 1 unspecified atom stereocenters. The summed E-state index contributed by atoms with van der Waals surface area (Å²) < 4.78 is 0. The molecule has 0 bridgehead atoms. The Morgan fingerprint density at radius 3 is 2.90 bits per heavy atom. The lowest BCUT2D eigenvalue weighted by Gasteiger charge is -2.26. The molecule has 1 saturated heterocycles. The second-order valence-corrected chi connectivity index (χ2v) is 6.51. The van der Waals surface area contributed by atoms with Gasteiger partial charge in [-0.25, -0.2) is 0 Å². The van der Waals surface area contributed by atoms with Crippen LogP contribution >= 0.6 is 0 Å². The normalized spacial score (nSPS) is 24.9. The smallest absolute Gasteiger partial charge is 0.144 e. The van der Waals surface area contributed by atoms with Crippen LogP contribution in [-0.4, -0.2) is 18.9 Å². The molecule has 1 aliphatic carbocycles. The van der Waals surface area contributed by atoms with Crippen LogP contribution in [0.4, 0.5) is 0 Å². The van der Waals surface area contributed by atoms with E-state index in [1.54, 1.807) is 0 Å². The first-order valence-electron chi connectivity index (χ1n) is 8.08. The molecule has 1 heterocycles. The summed E-state index contributed by atoms with van der Waals surface area (Å²) in [5.74, 6) is 0.447. The van der Waals surface area contributed by atoms with Crippen LogP contribution in [-0.2, 0) is 24.1 Å². The van der Waals surface area contributed by atoms with Gasteiger partial charge in [-0.2, -0.15) is 0 Å². The minimum Gasteiger partial charge on any atom is -0.316 e. The van der Waals surface area contributed by atoms with Crippen LogP contribution < -0.4 is 5.32 Å². The average molecular weight is 271 g/mol. The first-order chi connectivity index (χ1) is 9.73. The Balaban J connectivity index is 1.74. The summed E-state index contributed by atoms with van der Waals surface area (Å²) in [5.41, 5.74) is 4.10. The number of ketones is 1. The molecule has 2 nitrogen and oxygen atoms in total. The molecule has 1 aliphatic heterocycles. The monoisotopic (exact) mass is 271 g/mol. The van der Waals surface area contributed by atoms with Crippen molar-refractivity contribution in [1.82, 2.24) is 5.32 Å². The summed E-state index contributed by atoms with van der Waals surface area (Å²) in [6.45, 7) is 4.06. The highest BCUT2D eigenvalue weighted by Crippen LogP contribution is 2.34. The van der Waals surface area contributed by atoms with E-state index in [-0.39, 0.29) is 5.41 Å². The summed E-state index contributed by atoms with van der Waals surface area (Å²) in [7, 11) is 0. The minimum atomic E-state index is -0.0895. The van der Waals surface area contributed by atoms with E-state index in [1.165, 1.54) is 36.0 Å². The molecule has 1 aromatic carbocycles. The number of carbonyl (C=O) groups is 1. The maximum Gasteiger partial charge on any atom is 0.144 e. The van der Waals surface area contributed by atoms with Crippen molar-refractivity contribution in [2.24, 2.45) is 5.41 Å². The van der Waals surface area contributed by atoms with E-state index in [4.69, 9.17) is 0 Å². The highest BCUT2D eigenvalue weighted by molar-refractivity contribution is 5.87. The van der Waals surface area contributed by atoms with Gasteiger partial charge >= 0.3 is 0 Å². The Morgan fingerprint density at radius 1 is 1.30 bits per heavy atom. The van der Waals surface area contributed by atoms with Crippen LogP contribution in [0, 0.1) is 5.41 Å². The van der Waals surface area contributed by atoms with Crippen molar-refractivity contribution in [2.45, 2.75) is 51.9 Å². The fourth-order valence-corrected chi connectivity index (χ4v) is 3.92. The number of nitrogens with one attached hydrogen (secondary N) is 1. The van der Waals surface area contributed by atoms with Gasteiger partial charge in [0.2, 0.25) is 0 Å². The van der Waals surface area contributed by atoms with Gasteiger partial charge in [-0.05, 0) is 55.3 Å². The molecule has 2 heteroatoms. The zero-order valence-electron chi connectivity index (χ0n) is 12.5. The second kappa shape index (κ2) is 5.69. The zero-order valence-corrected chi connectivity index (χ0v) is 12.5. The van der Waals surface area contributed by atoms with Crippen molar-refractivity contribution in [2.75, 3.05) is 13.1 Å². The van der Waals surface area contributed by atoms with Crippen molar-refractivity contribution in [3.63, 3.8) is 0 Å². The predicted molar refractivity (Wildman–Crippen MR) is 82.0 cm³/mol. The van der Waals surface area contributed by atoms with Gasteiger partial charge in [0, 0.05) is 18.4 Å². The number of fused-ring (bicyclic) bond motifs is 1. The van der Waals surface area contributed by atoms with Crippen LogP contribution in [0.5, 0.6) is 0 Å². The van der Waals surface area contributed by atoms with Crippen LogP contribution in [0.15, 0.2) is 18.2 Å². The summed E-state index contributed by atoms with van der Waals surface area (Å²) in [4.78, 5) is 12.8. The number of benzene rings is 1. The molecule has 20 heavy (non-hydrogen) atoms. The van der Waals surface area contributed by atoms with E-state index >= 15 is 0 Å². The van der Waals surface area contributed by atoms with E-state index in [0.717, 1.165) is 32.4 Å². The Hall–Kier alpha value is -1.15. The summed E-state index contributed by atoms with van der Waals surface area (Å²) >= 11 is 0. The lowest BCUT2D eigenvalue weighted by atomic mass is 9.76. The first-order valence-corrected chi connectivity index (χ1v) is 8.08. The number of hydrogen-bond donors (Lipinski definition) is 1. The Bertz CT molecular complexity index is 500. The third kappa shape index (κ3) is 2.54. The number of hydrogen-bond acceptors (Lipinski definition) is 2. The molecule has 1 aromatic rings. The number of aryl methyl sites for hydroxylation is 2. The van der Waals surface area contributed by atoms with Gasteiger partial charge in [0.1, 0.15) is 5.78 Å². The molecule has 0 spiro atoms. The third-order valence-electron chi connectivity index (χ3n) is 5.09. The molecular weight excluding hydrogens is 246 g/mol. The number of Topliss-reactive ketones (excluding diaryl/α,β-unsaturated/α-hetero) is 1. The van der Waals surface area contributed by atoms with Crippen LogP contribution in [0.2, 0.25) is 0 Å². The van der Waals surface area contributed by atoms with Crippen LogP contribution in [0.3, 0.4) is 0 Å². The van der Waals surface area contributed by atoms with Crippen molar-refractivity contribution in [1.29, 1.82) is 0 Å². The Morgan fingerprint density at radius 2 is 2.15 bits per heavy atom. The fraction of sp³-hybridized carbons (Fsp3) is 0.611. The van der Waals surface area contributed by atoms with E-state index < -0.39 is 0 Å². The molecule has 1 N–H and O–H groups in total. The molecular formula is C18H25NO. The fourth-order valence-electron chi connectivity index (χ4n) is 3.92. The highest BCUT2D eigenvalue weighted by atomic mass is 16.1. The highest BCUT2D eigenvalue weighted by Gasteiger charge is 2.39. The molecule has 1 atom stereocenters. The van der Waals surface area contributed by atoms with E-state index in [1.807, 2.05) is 0 Å². The molecule has 0 saturated carbocycles. The van der Waals surface area contributed by atoms with Crippen molar-refractivity contribution in [3.05, 3.63) is 34.9 Å². The number of carbonyl (C=O) groups excluding carboxylic acids is 1. The third-order valence-corrected chi connectivity index (χ3v) is 5.09. The average Bonchev–Trinajstić information content (AvgIpc) is 3.08. The number of rotatable bonds is 5. The second-order valence-electron chi connectivity index (χ2n) is 6.51. The molecule has 108 valence electrons. The van der Waals surface area contributed by atoms with Gasteiger partial charge in [0.25, 0.3) is 0 Å². The van der Waals surface area contributed by atoms with Gasteiger partial charge in [0.05, 0.1) is 0 Å². The Kier molecular flexibility index (Phi) is 3.93.